The van der Waals surface area contributed by atoms with Crippen LogP contribution in [0.3, 0.4) is 0 Å². The average molecular weight is 634 g/mol. The Labute approximate surface area is 237 Å². The van der Waals surface area contributed by atoms with Crippen LogP contribution in [0.1, 0.15) is 35.2 Å². The molecule has 2 unspecified atom stereocenters. The summed E-state index contributed by atoms with van der Waals surface area (Å²) in [4.78, 5) is 22.4. The molecule has 5 rings (SSSR count). The van der Waals surface area contributed by atoms with Gasteiger partial charge in [-0.15, -0.1) is 0 Å². The zero-order chi connectivity index (χ0) is 25.9. The van der Waals surface area contributed by atoms with Gasteiger partial charge in [0.05, 0.1) is 23.2 Å². The van der Waals surface area contributed by atoms with Gasteiger partial charge >= 0.3 is 0 Å². The Morgan fingerprint density at radius 2 is 1.92 bits per heavy atom. The highest BCUT2D eigenvalue weighted by Crippen LogP contribution is 2.32. The van der Waals surface area contributed by atoms with Gasteiger partial charge in [0.2, 0.25) is 0 Å². The molecule has 0 bridgehead atoms. The van der Waals surface area contributed by atoms with Gasteiger partial charge in [0.1, 0.15) is 5.75 Å². The molecule has 0 spiro atoms. The van der Waals surface area contributed by atoms with E-state index in [4.69, 9.17) is 16.3 Å². The van der Waals surface area contributed by atoms with Gasteiger partial charge in [0.25, 0.3) is 5.91 Å². The van der Waals surface area contributed by atoms with Gasteiger partial charge in [-0.3, -0.25) is 14.7 Å². The quantitative estimate of drug-likeness (QED) is 0.375. The number of amides is 1. The molecule has 2 aliphatic rings. The summed E-state index contributed by atoms with van der Waals surface area (Å²) in [6.45, 7) is 3.62. The molecule has 2 aliphatic heterocycles. The van der Waals surface area contributed by atoms with Gasteiger partial charge in [-0.2, -0.15) is 0 Å². The molecule has 1 N–H and O–H groups in total. The summed E-state index contributed by atoms with van der Waals surface area (Å²) in [6, 6.07) is 14.2. The third-order valence-electron chi connectivity index (χ3n) is 8.09. The number of methoxy groups -OCH3 is 1. The van der Waals surface area contributed by atoms with Gasteiger partial charge in [-0.25, -0.2) is 0 Å². The summed E-state index contributed by atoms with van der Waals surface area (Å²) >= 11 is 8.59. The Morgan fingerprint density at radius 1 is 1.11 bits per heavy atom. The van der Waals surface area contributed by atoms with Gasteiger partial charge in [0, 0.05) is 47.4 Å². The van der Waals surface area contributed by atoms with Crippen LogP contribution in [0, 0.1) is 15.4 Å². The molecule has 3 aromatic rings. The van der Waals surface area contributed by atoms with Crippen molar-refractivity contribution in [2.45, 2.75) is 31.7 Å². The first-order chi connectivity index (χ1) is 18.0. The Balaban J connectivity index is 1.19. The third-order valence-corrected chi connectivity index (χ3v) is 9.66. The molecule has 8 heteroatoms. The van der Waals surface area contributed by atoms with E-state index in [1.807, 2.05) is 29.2 Å². The van der Waals surface area contributed by atoms with Crippen molar-refractivity contribution in [3.63, 3.8) is 0 Å². The van der Waals surface area contributed by atoms with Gasteiger partial charge in [-0.05, 0) is 109 Å². The van der Waals surface area contributed by atoms with Crippen LogP contribution in [0.25, 0.3) is 10.9 Å². The standard InChI is InChI=1S/C29H33ClIN3O3/c1-37-23-3-5-28-25(16-23)24(6-10-32-28)29(36)33-12-8-22(9-13-33)34-11-7-20(21(17-34)18-35)14-19-2-4-27(31)26(30)15-19/h2-6,10,15-16,20-22,35H,7-9,11-14,17-18H2,1H3. The molecule has 2 atom stereocenters. The molecule has 37 heavy (non-hydrogen) atoms. The predicted octanol–water partition coefficient (Wildman–Crippen LogP) is 5.28. The average Bonchev–Trinajstić information content (AvgIpc) is 2.94. The highest BCUT2D eigenvalue weighted by molar-refractivity contribution is 14.1. The number of pyridine rings is 1. The summed E-state index contributed by atoms with van der Waals surface area (Å²) < 4.78 is 6.44. The second-order valence-electron chi connectivity index (χ2n) is 10.2. The Morgan fingerprint density at radius 3 is 2.65 bits per heavy atom. The summed E-state index contributed by atoms with van der Waals surface area (Å²) in [5.41, 5.74) is 2.72. The lowest BCUT2D eigenvalue weighted by atomic mass is 9.80. The highest BCUT2D eigenvalue weighted by atomic mass is 127. The van der Waals surface area contributed by atoms with Crippen molar-refractivity contribution in [1.29, 1.82) is 0 Å². The van der Waals surface area contributed by atoms with E-state index in [1.54, 1.807) is 13.3 Å². The van der Waals surface area contributed by atoms with Crippen LogP contribution in [0.5, 0.6) is 5.75 Å². The van der Waals surface area contributed by atoms with Crippen LogP contribution in [0.15, 0.2) is 48.7 Å². The number of carbonyl (C=O) groups excluding carboxylic acids is 1. The van der Waals surface area contributed by atoms with E-state index in [1.165, 1.54) is 5.56 Å². The van der Waals surface area contributed by atoms with Crippen molar-refractivity contribution < 1.29 is 14.6 Å². The maximum absolute atomic E-state index is 13.5. The largest absolute Gasteiger partial charge is 0.497 e. The molecule has 2 saturated heterocycles. The van der Waals surface area contributed by atoms with Crippen molar-refractivity contribution in [1.82, 2.24) is 14.8 Å². The number of aromatic nitrogens is 1. The predicted molar refractivity (Wildman–Crippen MR) is 155 cm³/mol. The molecule has 0 radical (unpaired) electrons. The Hall–Kier alpha value is -1.94. The molecule has 2 fully saturated rings. The normalized spacial score (nSPS) is 21.4. The van der Waals surface area contributed by atoms with E-state index in [9.17, 15) is 9.90 Å². The lowest BCUT2D eigenvalue weighted by Gasteiger charge is -2.44. The first-order valence-electron chi connectivity index (χ1n) is 13.0. The topological polar surface area (TPSA) is 65.9 Å². The van der Waals surface area contributed by atoms with Crippen LogP contribution < -0.4 is 4.74 Å². The Bertz CT molecular complexity index is 1260. The minimum Gasteiger partial charge on any atom is -0.497 e. The summed E-state index contributed by atoms with van der Waals surface area (Å²) in [5, 5.41) is 11.8. The number of fused-ring (bicyclic) bond motifs is 1. The molecule has 1 amide bonds. The number of halogens is 2. The minimum absolute atomic E-state index is 0.0576. The number of nitrogens with zero attached hydrogens (tertiary/aromatic N) is 3. The van der Waals surface area contributed by atoms with Crippen molar-refractivity contribution in [2.75, 3.05) is 39.9 Å². The number of piperidine rings is 2. The van der Waals surface area contributed by atoms with E-state index < -0.39 is 0 Å². The van der Waals surface area contributed by atoms with E-state index in [2.05, 4.69) is 50.7 Å². The Kier molecular flexibility index (Phi) is 8.53. The van der Waals surface area contributed by atoms with Gasteiger partial charge in [0.15, 0.2) is 0 Å². The number of ether oxygens (including phenoxy) is 1. The molecule has 0 saturated carbocycles. The summed E-state index contributed by atoms with van der Waals surface area (Å²) in [6.07, 6.45) is 5.63. The molecule has 6 nitrogen and oxygen atoms in total. The number of likely N-dealkylation sites (tertiary alicyclic amines) is 2. The first kappa shape index (κ1) is 26.7. The van der Waals surface area contributed by atoms with Crippen LogP contribution in [-0.4, -0.2) is 71.7 Å². The number of hydrogen-bond acceptors (Lipinski definition) is 5. The van der Waals surface area contributed by atoms with E-state index in [-0.39, 0.29) is 18.4 Å². The third kappa shape index (κ3) is 5.90. The zero-order valence-corrected chi connectivity index (χ0v) is 24.0. The fraction of sp³-hybridized carbons (Fsp3) is 0.448. The van der Waals surface area contributed by atoms with Crippen LogP contribution in [-0.2, 0) is 6.42 Å². The van der Waals surface area contributed by atoms with E-state index >= 15 is 0 Å². The highest BCUT2D eigenvalue weighted by Gasteiger charge is 2.34. The van der Waals surface area contributed by atoms with Gasteiger partial charge < -0.3 is 14.7 Å². The smallest absolute Gasteiger partial charge is 0.254 e. The zero-order valence-electron chi connectivity index (χ0n) is 21.1. The number of rotatable bonds is 6. The maximum Gasteiger partial charge on any atom is 0.254 e. The molecule has 0 aliphatic carbocycles. The van der Waals surface area contributed by atoms with Crippen LogP contribution >= 0.6 is 34.2 Å². The van der Waals surface area contributed by atoms with Crippen LogP contribution in [0.4, 0.5) is 0 Å². The second kappa shape index (κ2) is 11.8. The number of aliphatic hydroxyl groups is 1. The molecular weight excluding hydrogens is 601 g/mol. The monoisotopic (exact) mass is 633 g/mol. The molecule has 196 valence electrons. The van der Waals surface area contributed by atoms with Crippen LogP contribution in [0.2, 0.25) is 5.02 Å². The minimum atomic E-state index is 0.0576. The molecule has 3 heterocycles. The number of aliphatic hydroxyl groups excluding tert-OH is 1. The first-order valence-corrected chi connectivity index (χ1v) is 14.4. The molecule has 2 aromatic carbocycles. The number of hydrogen-bond donors (Lipinski definition) is 1. The van der Waals surface area contributed by atoms with Crippen molar-refractivity contribution in [3.8, 4) is 5.75 Å². The summed E-state index contributed by atoms with van der Waals surface area (Å²) in [5.74, 6) is 1.49. The summed E-state index contributed by atoms with van der Waals surface area (Å²) in [7, 11) is 1.63. The lowest BCUT2D eigenvalue weighted by Crippen LogP contribution is -2.52. The van der Waals surface area contributed by atoms with E-state index in [0.717, 1.165) is 77.1 Å². The van der Waals surface area contributed by atoms with Crippen molar-refractivity contribution in [2.24, 2.45) is 11.8 Å². The lowest BCUT2D eigenvalue weighted by molar-refractivity contribution is 0.0242. The number of carbonyl (C=O) groups is 1. The van der Waals surface area contributed by atoms with Crippen molar-refractivity contribution >= 4 is 51.0 Å². The molecule has 1 aromatic heterocycles. The fourth-order valence-corrected chi connectivity index (χ4v) is 6.47. The van der Waals surface area contributed by atoms with E-state index in [0.29, 0.717) is 17.5 Å². The fourth-order valence-electron chi connectivity index (χ4n) is 5.93. The number of benzene rings is 2. The second-order valence-corrected chi connectivity index (χ2v) is 11.8. The maximum atomic E-state index is 13.5. The molecular formula is C29H33ClIN3O3. The SMILES string of the molecule is COc1ccc2nccc(C(=O)N3CCC(N4CCC(Cc5ccc(I)c(Cl)c5)C(CO)C4)CC3)c2c1. The van der Waals surface area contributed by atoms with Crippen molar-refractivity contribution in [3.05, 3.63) is 68.4 Å². The van der Waals surface area contributed by atoms with Gasteiger partial charge in [-0.1, -0.05) is 17.7 Å².